The van der Waals surface area contributed by atoms with Crippen molar-refractivity contribution in [2.75, 3.05) is 0 Å². The Kier molecular flexibility index (Phi) is 3.74. The Labute approximate surface area is 151 Å². The topological polar surface area (TPSA) is 12.0 Å². The first kappa shape index (κ1) is 15.6. The van der Waals surface area contributed by atoms with Crippen molar-refractivity contribution >= 4 is 0 Å². The first-order chi connectivity index (χ1) is 12.2. The fraction of sp³-hybridized carbons (Fsp3) is 0.500. The Morgan fingerprint density at radius 3 is 2.08 bits per heavy atom. The summed E-state index contributed by atoms with van der Waals surface area (Å²) in [4.78, 5) is 0. The molecule has 1 heteroatoms. The second-order valence-corrected chi connectivity index (χ2v) is 9.06. The van der Waals surface area contributed by atoms with Gasteiger partial charge in [-0.3, -0.25) is 0 Å². The van der Waals surface area contributed by atoms with E-state index in [0.717, 1.165) is 24.3 Å². The maximum atomic E-state index is 4.04. The van der Waals surface area contributed by atoms with Gasteiger partial charge in [-0.2, -0.15) is 0 Å². The van der Waals surface area contributed by atoms with Crippen molar-refractivity contribution in [3.8, 4) is 11.1 Å². The summed E-state index contributed by atoms with van der Waals surface area (Å²) >= 11 is 0. The zero-order chi connectivity index (χ0) is 16.9. The van der Waals surface area contributed by atoms with Crippen LogP contribution in [0.15, 0.2) is 48.5 Å². The summed E-state index contributed by atoms with van der Waals surface area (Å²) in [6.45, 7) is 3.30. The lowest BCUT2D eigenvalue weighted by molar-refractivity contribution is -0.0206. The molecule has 4 saturated carbocycles. The maximum Gasteiger partial charge on any atom is 0.0213 e. The normalized spacial score (nSPS) is 32.9. The van der Waals surface area contributed by atoms with Gasteiger partial charge in [0.2, 0.25) is 0 Å². The Bertz CT molecular complexity index is 726. The van der Waals surface area contributed by atoms with Crippen molar-refractivity contribution in [2.45, 2.75) is 57.5 Å². The minimum atomic E-state index is 0.458. The minimum Gasteiger partial charge on any atom is -0.307 e. The van der Waals surface area contributed by atoms with Crippen LogP contribution < -0.4 is 5.32 Å². The SMILES string of the molecule is Cc1cc(-c2ccccc2)ccc1CNC12CC3CC(CC(C3)C1)C2. The highest BCUT2D eigenvalue weighted by Crippen LogP contribution is 2.55. The summed E-state index contributed by atoms with van der Waals surface area (Å²) in [5.74, 6) is 3.04. The van der Waals surface area contributed by atoms with Crippen LogP contribution in [0.1, 0.15) is 49.7 Å². The molecule has 2 aromatic rings. The predicted molar refractivity (Wildman–Crippen MR) is 104 cm³/mol. The van der Waals surface area contributed by atoms with Crippen molar-refractivity contribution < 1.29 is 0 Å². The molecule has 0 aromatic heterocycles. The molecule has 0 amide bonds. The van der Waals surface area contributed by atoms with Gasteiger partial charge in [0.05, 0.1) is 0 Å². The quantitative estimate of drug-likeness (QED) is 0.755. The molecule has 1 nitrogen and oxygen atoms in total. The fourth-order valence-electron chi connectivity index (χ4n) is 6.31. The average Bonchev–Trinajstić information content (AvgIpc) is 2.60. The predicted octanol–water partition coefficient (Wildman–Crippen LogP) is 5.72. The number of rotatable bonds is 4. The van der Waals surface area contributed by atoms with Crippen molar-refractivity contribution in [1.29, 1.82) is 0 Å². The van der Waals surface area contributed by atoms with Gasteiger partial charge in [-0.05, 0) is 85.5 Å². The molecule has 4 aliphatic rings. The number of hydrogen-bond acceptors (Lipinski definition) is 1. The first-order valence-electron chi connectivity index (χ1n) is 10.1. The van der Waals surface area contributed by atoms with Crippen LogP contribution in [0.4, 0.5) is 0 Å². The van der Waals surface area contributed by atoms with E-state index in [2.05, 4.69) is 60.8 Å². The second-order valence-electron chi connectivity index (χ2n) is 9.06. The molecule has 0 atom stereocenters. The zero-order valence-electron chi connectivity index (χ0n) is 15.3. The zero-order valence-corrected chi connectivity index (χ0v) is 15.3. The van der Waals surface area contributed by atoms with Crippen LogP contribution in [0.25, 0.3) is 11.1 Å². The molecule has 4 bridgehead atoms. The van der Waals surface area contributed by atoms with Crippen LogP contribution in [0.5, 0.6) is 0 Å². The molecule has 1 N–H and O–H groups in total. The van der Waals surface area contributed by atoms with Crippen molar-refractivity contribution in [3.05, 3.63) is 59.7 Å². The van der Waals surface area contributed by atoms with Gasteiger partial charge in [-0.25, -0.2) is 0 Å². The third-order valence-electron chi connectivity index (χ3n) is 7.14. The van der Waals surface area contributed by atoms with Crippen molar-refractivity contribution in [3.63, 3.8) is 0 Å². The van der Waals surface area contributed by atoms with E-state index in [9.17, 15) is 0 Å². The lowest BCUT2D eigenvalue weighted by atomic mass is 9.53. The Hall–Kier alpha value is -1.60. The van der Waals surface area contributed by atoms with Gasteiger partial charge in [0.15, 0.2) is 0 Å². The molecule has 0 unspecified atom stereocenters. The summed E-state index contributed by atoms with van der Waals surface area (Å²) in [5, 5.41) is 4.04. The first-order valence-corrected chi connectivity index (χ1v) is 10.1. The molecule has 0 saturated heterocycles. The molecule has 25 heavy (non-hydrogen) atoms. The number of hydrogen-bond donors (Lipinski definition) is 1. The Morgan fingerprint density at radius 2 is 1.48 bits per heavy atom. The standard InChI is InChI=1S/C24H29N/c1-17-9-22(21-5-3-2-4-6-21)7-8-23(17)16-25-24-13-18-10-19(14-24)12-20(11-18)15-24/h2-9,18-20,25H,10-16H2,1H3. The molecule has 4 fully saturated rings. The average molecular weight is 332 g/mol. The van der Waals surface area contributed by atoms with E-state index in [1.165, 1.54) is 60.8 Å². The van der Waals surface area contributed by atoms with Crippen molar-refractivity contribution in [1.82, 2.24) is 5.32 Å². The van der Waals surface area contributed by atoms with E-state index in [-0.39, 0.29) is 0 Å². The third kappa shape index (κ3) is 2.93. The van der Waals surface area contributed by atoms with Crippen LogP contribution in [-0.4, -0.2) is 5.54 Å². The van der Waals surface area contributed by atoms with Crippen molar-refractivity contribution in [2.24, 2.45) is 17.8 Å². The van der Waals surface area contributed by atoms with E-state index in [0.29, 0.717) is 5.54 Å². The molecular formula is C24H29N. The maximum absolute atomic E-state index is 4.04. The van der Waals surface area contributed by atoms with Gasteiger partial charge < -0.3 is 5.32 Å². The van der Waals surface area contributed by atoms with Gasteiger partial charge in [0.25, 0.3) is 0 Å². The lowest BCUT2D eigenvalue weighted by Crippen LogP contribution is -2.58. The highest BCUT2D eigenvalue weighted by molar-refractivity contribution is 5.64. The summed E-state index contributed by atoms with van der Waals surface area (Å²) in [5.41, 5.74) is 5.98. The van der Waals surface area contributed by atoms with E-state index in [1.807, 2.05) is 0 Å². The van der Waals surface area contributed by atoms with E-state index in [1.54, 1.807) is 0 Å². The number of aryl methyl sites for hydroxylation is 1. The molecule has 0 heterocycles. The molecule has 6 rings (SSSR count). The molecule has 130 valence electrons. The number of nitrogens with one attached hydrogen (secondary N) is 1. The summed E-state index contributed by atoms with van der Waals surface area (Å²) in [6.07, 6.45) is 8.85. The smallest absolute Gasteiger partial charge is 0.0213 e. The largest absolute Gasteiger partial charge is 0.307 e. The van der Waals surface area contributed by atoms with Crippen LogP contribution in [0, 0.1) is 24.7 Å². The van der Waals surface area contributed by atoms with Gasteiger partial charge in [0.1, 0.15) is 0 Å². The Morgan fingerprint density at radius 1 is 0.840 bits per heavy atom. The number of benzene rings is 2. The van der Waals surface area contributed by atoms with Gasteiger partial charge in [-0.1, -0.05) is 48.5 Å². The summed E-state index contributed by atoms with van der Waals surface area (Å²) in [6, 6.07) is 17.7. The highest BCUT2D eigenvalue weighted by atomic mass is 15.0. The monoisotopic (exact) mass is 331 g/mol. The van der Waals surface area contributed by atoms with Gasteiger partial charge >= 0.3 is 0 Å². The summed E-state index contributed by atoms with van der Waals surface area (Å²) in [7, 11) is 0. The fourth-order valence-corrected chi connectivity index (χ4v) is 6.31. The van der Waals surface area contributed by atoms with Crippen LogP contribution in [0.2, 0.25) is 0 Å². The van der Waals surface area contributed by atoms with E-state index >= 15 is 0 Å². The van der Waals surface area contributed by atoms with Gasteiger partial charge in [-0.15, -0.1) is 0 Å². The van der Waals surface area contributed by atoms with Crippen LogP contribution in [0.3, 0.4) is 0 Å². The highest BCUT2D eigenvalue weighted by Gasteiger charge is 2.50. The van der Waals surface area contributed by atoms with Gasteiger partial charge in [0, 0.05) is 12.1 Å². The Balaban J connectivity index is 1.32. The van der Waals surface area contributed by atoms with E-state index in [4.69, 9.17) is 0 Å². The van der Waals surface area contributed by atoms with Crippen LogP contribution in [-0.2, 0) is 6.54 Å². The lowest BCUT2D eigenvalue weighted by Gasteiger charge is -2.57. The molecule has 0 radical (unpaired) electrons. The summed E-state index contributed by atoms with van der Waals surface area (Å²) < 4.78 is 0. The molecule has 0 spiro atoms. The molecular weight excluding hydrogens is 302 g/mol. The minimum absolute atomic E-state index is 0.458. The molecule has 0 aliphatic heterocycles. The van der Waals surface area contributed by atoms with Crippen LogP contribution >= 0.6 is 0 Å². The second kappa shape index (κ2) is 5.99. The molecule has 2 aromatic carbocycles. The van der Waals surface area contributed by atoms with E-state index < -0.39 is 0 Å². The molecule has 4 aliphatic carbocycles. The third-order valence-corrected chi connectivity index (χ3v) is 7.14.